The zero-order valence-corrected chi connectivity index (χ0v) is 10.7. The lowest BCUT2D eigenvalue weighted by molar-refractivity contribution is 0.170. The van der Waals surface area contributed by atoms with Crippen molar-refractivity contribution in [1.29, 1.82) is 0 Å². The molecule has 1 unspecified atom stereocenters. The summed E-state index contributed by atoms with van der Waals surface area (Å²) in [4.78, 5) is 19.3. The van der Waals surface area contributed by atoms with Gasteiger partial charge in [-0.3, -0.25) is 0 Å². The second-order valence-corrected chi connectivity index (χ2v) is 5.19. The Hall–Kier alpha value is -1.49. The zero-order valence-electron chi connectivity index (χ0n) is 10.7. The van der Waals surface area contributed by atoms with Crippen LogP contribution in [-0.4, -0.2) is 53.5 Å². The molecule has 5 nitrogen and oxygen atoms in total. The average Bonchev–Trinajstić information content (AvgIpc) is 3.01. The molecule has 1 aromatic heterocycles. The van der Waals surface area contributed by atoms with E-state index in [0.717, 1.165) is 32.5 Å². The lowest BCUT2D eigenvalue weighted by atomic mass is 10.0. The molecule has 1 atom stereocenters. The molecule has 0 aliphatic carbocycles. The van der Waals surface area contributed by atoms with E-state index < -0.39 is 0 Å². The van der Waals surface area contributed by atoms with Gasteiger partial charge in [0.25, 0.3) is 0 Å². The highest BCUT2D eigenvalue weighted by molar-refractivity contribution is 5.77. The van der Waals surface area contributed by atoms with Gasteiger partial charge in [-0.1, -0.05) is 0 Å². The summed E-state index contributed by atoms with van der Waals surface area (Å²) in [7, 11) is 1.90. The summed E-state index contributed by atoms with van der Waals surface area (Å²) in [6.07, 6.45) is 6.04. The fraction of sp³-hybridized carbons (Fsp3) is 0.615. The minimum absolute atomic E-state index is 0.174. The van der Waals surface area contributed by atoms with Gasteiger partial charge in [0, 0.05) is 32.0 Å². The number of likely N-dealkylation sites (N-methyl/N-ethyl adjacent to an activating group) is 1. The zero-order chi connectivity index (χ0) is 12.5. The highest BCUT2D eigenvalue weighted by Gasteiger charge is 2.39. The summed E-state index contributed by atoms with van der Waals surface area (Å²) in [5, 5.41) is 3.35. The largest absolute Gasteiger partial charge is 0.367 e. The van der Waals surface area contributed by atoms with Crippen molar-refractivity contribution in [2.75, 3.05) is 26.7 Å². The predicted molar refractivity (Wildman–Crippen MR) is 69.3 cm³/mol. The average molecular weight is 248 g/mol. The van der Waals surface area contributed by atoms with E-state index in [-0.39, 0.29) is 12.1 Å². The fourth-order valence-electron chi connectivity index (χ4n) is 3.02. The van der Waals surface area contributed by atoms with Crippen LogP contribution in [0.15, 0.2) is 18.5 Å². The van der Waals surface area contributed by atoms with Crippen LogP contribution in [0, 0.1) is 0 Å². The first-order valence-corrected chi connectivity index (χ1v) is 6.64. The normalized spacial score (nSPS) is 26.1. The van der Waals surface area contributed by atoms with Crippen molar-refractivity contribution in [1.82, 2.24) is 20.1 Å². The van der Waals surface area contributed by atoms with Crippen LogP contribution in [-0.2, 0) is 0 Å². The lowest BCUT2D eigenvalue weighted by Crippen LogP contribution is -2.44. The number of H-pyrrole nitrogens is 1. The molecule has 98 valence electrons. The lowest BCUT2D eigenvalue weighted by Gasteiger charge is -2.30. The molecule has 3 rings (SSSR count). The number of carbonyl (C=O) groups is 1. The van der Waals surface area contributed by atoms with Crippen molar-refractivity contribution in [3.63, 3.8) is 0 Å². The first kappa shape index (κ1) is 11.6. The van der Waals surface area contributed by atoms with E-state index in [9.17, 15) is 4.79 Å². The Bertz CT molecular complexity index is 411. The monoisotopic (exact) mass is 248 g/mol. The van der Waals surface area contributed by atoms with Crippen LogP contribution in [0.5, 0.6) is 0 Å². The van der Waals surface area contributed by atoms with Crippen LogP contribution in [0.1, 0.15) is 24.4 Å². The number of urea groups is 1. The van der Waals surface area contributed by atoms with Crippen molar-refractivity contribution in [2.45, 2.75) is 24.9 Å². The van der Waals surface area contributed by atoms with Gasteiger partial charge >= 0.3 is 6.03 Å². The molecule has 18 heavy (non-hydrogen) atoms. The maximum absolute atomic E-state index is 12.3. The molecular weight excluding hydrogens is 228 g/mol. The third-order valence-corrected chi connectivity index (χ3v) is 4.14. The van der Waals surface area contributed by atoms with E-state index in [0.29, 0.717) is 6.04 Å². The third-order valence-electron chi connectivity index (χ3n) is 4.14. The highest BCUT2D eigenvalue weighted by atomic mass is 16.2. The first-order chi connectivity index (χ1) is 8.77. The van der Waals surface area contributed by atoms with E-state index in [4.69, 9.17) is 0 Å². The maximum Gasteiger partial charge on any atom is 0.320 e. The number of amides is 2. The Kier molecular flexibility index (Phi) is 2.99. The number of carbonyl (C=O) groups excluding carboxylic acids is 1. The van der Waals surface area contributed by atoms with Gasteiger partial charge < -0.3 is 20.1 Å². The van der Waals surface area contributed by atoms with Gasteiger partial charge in [0.05, 0.1) is 6.04 Å². The summed E-state index contributed by atoms with van der Waals surface area (Å²) in [6, 6.07) is 2.83. The quantitative estimate of drug-likeness (QED) is 0.825. The molecule has 0 spiro atoms. The SMILES string of the molecule is CN1C(=O)N(C2CCNCC2)CC1c1cc[nH]c1. The summed E-state index contributed by atoms with van der Waals surface area (Å²) in [6.45, 7) is 2.86. The van der Waals surface area contributed by atoms with Crippen molar-refractivity contribution < 1.29 is 4.79 Å². The van der Waals surface area contributed by atoms with Crippen LogP contribution in [0.3, 0.4) is 0 Å². The maximum atomic E-state index is 12.3. The van der Waals surface area contributed by atoms with Gasteiger partial charge in [0.1, 0.15) is 0 Å². The molecule has 2 fully saturated rings. The minimum atomic E-state index is 0.174. The molecule has 0 radical (unpaired) electrons. The van der Waals surface area contributed by atoms with E-state index in [1.54, 1.807) is 0 Å². The smallest absolute Gasteiger partial charge is 0.320 e. The van der Waals surface area contributed by atoms with Gasteiger partial charge in [0.2, 0.25) is 0 Å². The van der Waals surface area contributed by atoms with Gasteiger partial charge in [-0.05, 0) is 37.6 Å². The highest BCUT2D eigenvalue weighted by Crippen LogP contribution is 2.30. The molecule has 0 saturated carbocycles. The van der Waals surface area contributed by atoms with Crippen molar-refractivity contribution in [3.8, 4) is 0 Å². The number of piperidine rings is 1. The van der Waals surface area contributed by atoms with Crippen LogP contribution < -0.4 is 5.32 Å². The Morgan fingerprint density at radius 3 is 2.78 bits per heavy atom. The summed E-state index contributed by atoms with van der Waals surface area (Å²) in [5.74, 6) is 0. The van der Waals surface area contributed by atoms with Crippen molar-refractivity contribution in [2.24, 2.45) is 0 Å². The third kappa shape index (κ3) is 1.88. The van der Waals surface area contributed by atoms with Crippen LogP contribution >= 0.6 is 0 Å². The minimum Gasteiger partial charge on any atom is -0.367 e. The molecule has 1 aromatic rings. The molecule has 5 heteroatoms. The van der Waals surface area contributed by atoms with Crippen LogP contribution in [0.25, 0.3) is 0 Å². The Morgan fingerprint density at radius 1 is 1.33 bits per heavy atom. The number of nitrogens with one attached hydrogen (secondary N) is 2. The van der Waals surface area contributed by atoms with Gasteiger partial charge in [-0.25, -0.2) is 4.79 Å². The van der Waals surface area contributed by atoms with Gasteiger partial charge in [-0.2, -0.15) is 0 Å². The Morgan fingerprint density at radius 2 is 2.11 bits per heavy atom. The van der Waals surface area contributed by atoms with Crippen LogP contribution in [0.4, 0.5) is 4.79 Å². The second kappa shape index (κ2) is 4.65. The fourth-order valence-corrected chi connectivity index (χ4v) is 3.02. The van der Waals surface area contributed by atoms with Gasteiger partial charge in [0.15, 0.2) is 0 Å². The number of aromatic amines is 1. The number of rotatable bonds is 2. The van der Waals surface area contributed by atoms with E-state index in [1.807, 2.05) is 24.3 Å². The molecule has 2 amide bonds. The van der Waals surface area contributed by atoms with E-state index in [1.165, 1.54) is 5.56 Å². The molecule has 0 bridgehead atoms. The molecule has 3 heterocycles. The van der Waals surface area contributed by atoms with Crippen molar-refractivity contribution >= 4 is 6.03 Å². The van der Waals surface area contributed by atoms with Crippen molar-refractivity contribution in [3.05, 3.63) is 24.0 Å². The summed E-state index contributed by atoms with van der Waals surface area (Å²) >= 11 is 0. The molecular formula is C13H20N4O. The summed E-state index contributed by atoms with van der Waals surface area (Å²) < 4.78 is 0. The molecule has 2 aliphatic rings. The topological polar surface area (TPSA) is 51.4 Å². The second-order valence-electron chi connectivity index (χ2n) is 5.19. The summed E-state index contributed by atoms with van der Waals surface area (Å²) in [5.41, 5.74) is 1.20. The predicted octanol–water partition coefficient (Wildman–Crippen LogP) is 1.18. The van der Waals surface area contributed by atoms with E-state index >= 15 is 0 Å². The number of hydrogen-bond donors (Lipinski definition) is 2. The van der Waals surface area contributed by atoms with Gasteiger partial charge in [-0.15, -0.1) is 0 Å². The van der Waals surface area contributed by atoms with E-state index in [2.05, 4.69) is 21.3 Å². The molecule has 2 aliphatic heterocycles. The Labute approximate surface area is 107 Å². The molecule has 2 N–H and O–H groups in total. The van der Waals surface area contributed by atoms with Crippen LogP contribution in [0.2, 0.25) is 0 Å². The number of aromatic nitrogens is 1. The molecule has 0 aromatic carbocycles. The molecule has 2 saturated heterocycles. The first-order valence-electron chi connectivity index (χ1n) is 6.64. The number of hydrogen-bond acceptors (Lipinski definition) is 2. The standard InChI is InChI=1S/C13H20N4O/c1-16-12(10-2-5-15-8-10)9-17(13(16)18)11-3-6-14-7-4-11/h2,5,8,11-12,14-15H,3-4,6-7,9H2,1H3. The Balaban J connectivity index is 1.76. The number of nitrogens with zero attached hydrogens (tertiary/aromatic N) is 2.